The van der Waals surface area contributed by atoms with E-state index in [-0.39, 0.29) is 0 Å². The molecule has 2 rings (SSSR count). The molecule has 1 aliphatic carbocycles. The molecule has 1 unspecified atom stereocenters. The molecular weight excluding hydrogens is 220 g/mol. The van der Waals surface area contributed by atoms with Crippen molar-refractivity contribution in [2.24, 2.45) is 5.92 Å². The smallest absolute Gasteiger partial charge is 0.0589 e. The third-order valence-electron chi connectivity index (χ3n) is 3.12. The molecule has 1 atom stereocenters. The Balaban J connectivity index is 1.95. The number of halogens is 1. The lowest BCUT2D eigenvalue weighted by Crippen LogP contribution is -2.21. The molecule has 88 valence electrons. The van der Waals surface area contributed by atoms with Gasteiger partial charge in [0.15, 0.2) is 0 Å². The number of nitrogens with zero attached hydrogens (tertiary/aromatic N) is 1. The summed E-state index contributed by atoms with van der Waals surface area (Å²) in [6.07, 6.45) is 7.09. The summed E-state index contributed by atoms with van der Waals surface area (Å²) in [5.41, 5.74) is 1.12. The van der Waals surface area contributed by atoms with Crippen LogP contribution >= 0.6 is 11.6 Å². The first-order valence-electron chi connectivity index (χ1n) is 6.14. The van der Waals surface area contributed by atoms with E-state index >= 15 is 0 Å². The molecule has 2 nitrogen and oxygen atoms in total. The fourth-order valence-electron chi connectivity index (χ4n) is 2.00. The van der Waals surface area contributed by atoms with Gasteiger partial charge in [0, 0.05) is 12.2 Å². The number of pyridine rings is 1. The van der Waals surface area contributed by atoms with E-state index in [1.54, 1.807) is 6.20 Å². The van der Waals surface area contributed by atoms with Crippen molar-refractivity contribution in [2.75, 3.05) is 6.54 Å². The summed E-state index contributed by atoms with van der Waals surface area (Å²) in [4.78, 5) is 4.40. The van der Waals surface area contributed by atoms with Gasteiger partial charge in [0.05, 0.1) is 10.7 Å². The van der Waals surface area contributed by atoms with Gasteiger partial charge in [0.2, 0.25) is 0 Å². The number of hydrogen-bond acceptors (Lipinski definition) is 2. The molecule has 1 N–H and O–H groups in total. The minimum Gasteiger partial charge on any atom is -0.309 e. The summed E-state index contributed by atoms with van der Waals surface area (Å²) < 4.78 is 0. The van der Waals surface area contributed by atoms with E-state index in [1.165, 1.54) is 25.7 Å². The average Bonchev–Trinajstić information content (AvgIpc) is 3.09. The molecule has 1 aliphatic rings. The summed E-state index contributed by atoms with van der Waals surface area (Å²) >= 11 is 5.85. The van der Waals surface area contributed by atoms with Crippen LogP contribution < -0.4 is 5.32 Å². The van der Waals surface area contributed by atoms with Gasteiger partial charge in [-0.2, -0.15) is 0 Å². The number of aromatic nitrogens is 1. The normalized spacial score (nSPS) is 17.4. The summed E-state index contributed by atoms with van der Waals surface area (Å²) in [7, 11) is 0. The Labute approximate surface area is 102 Å². The lowest BCUT2D eigenvalue weighted by molar-refractivity contribution is 0.472. The molecule has 1 fully saturated rings. The van der Waals surface area contributed by atoms with Gasteiger partial charge in [-0.05, 0) is 37.4 Å². The molecule has 0 amide bonds. The van der Waals surface area contributed by atoms with Crippen LogP contribution in [0.1, 0.15) is 44.3 Å². The Morgan fingerprint density at radius 1 is 1.50 bits per heavy atom. The predicted octanol–water partition coefficient (Wildman–Crippen LogP) is 3.58. The van der Waals surface area contributed by atoms with Crippen molar-refractivity contribution in [3.63, 3.8) is 0 Å². The Morgan fingerprint density at radius 3 is 2.88 bits per heavy atom. The fraction of sp³-hybridized carbons (Fsp3) is 0.615. The van der Waals surface area contributed by atoms with Gasteiger partial charge in [-0.1, -0.05) is 31.4 Å². The Bertz CT molecular complexity index is 319. The molecule has 0 radical (unpaired) electrons. The van der Waals surface area contributed by atoms with Crippen molar-refractivity contribution in [1.82, 2.24) is 10.3 Å². The second kappa shape index (κ2) is 5.65. The fourth-order valence-corrected chi connectivity index (χ4v) is 2.11. The second-order valence-electron chi connectivity index (χ2n) is 4.53. The van der Waals surface area contributed by atoms with E-state index in [9.17, 15) is 0 Å². The van der Waals surface area contributed by atoms with E-state index < -0.39 is 0 Å². The van der Waals surface area contributed by atoms with Crippen LogP contribution in [0.5, 0.6) is 0 Å². The Hall–Kier alpha value is -0.600. The molecule has 0 spiro atoms. The maximum absolute atomic E-state index is 5.85. The summed E-state index contributed by atoms with van der Waals surface area (Å²) in [6.45, 7) is 3.12. The molecule has 1 aromatic heterocycles. The Morgan fingerprint density at radius 2 is 2.31 bits per heavy atom. The number of nitrogens with one attached hydrogen (secondary N) is 1. The van der Waals surface area contributed by atoms with Crippen molar-refractivity contribution in [3.05, 3.63) is 29.0 Å². The molecule has 0 aliphatic heterocycles. The molecule has 16 heavy (non-hydrogen) atoms. The SMILES string of the molecule is CCNC(CCC1CC1)c1ccc(Cl)cn1. The molecule has 0 saturated heterocycles. The second-order valence-corrected chi connectivity index (χ2v) is 4.97. The van der Waals surface area contributed by atoms with E-state index in [1.807, 2.05) is 12.1 Å². The van der Waals surface area contributed by atoms with Crippen LogP contribution in [0.4, 0.5) is 0 Å². The topological polar surface area (TPSA) is 24.9 Å². The summed E-state index contributed by atoms with van der Waals surface area (Å²) in [5, 5.41) is 4.21. The standard InChI is InChI=1S/C13H19ClN2/c1-2-15-12(7-5-10-3-4-10)13-8-6-11(14)9-16-13/h6,8-10,12,15H,2-5,7H2,1H3. The van der Waals surface area contributed by atoms with Crippen LogP contribution in [-0.4, -0.2) is 11.5 Å². The first-order valence-corrected chi connectivity index (χ1v) is 6.52. The van der Waals surface area contributed by atoms with E-state index in [4.69, 9.17) is 11.6 Å². The van der Waals surface area contributed by atoms with Crippen molar-refractivity contribution >= 4 is 11.6 Å². The third-order valence-corrected chi connectivity index (χ3v) is 3.34. The summed E-state index contributed by atoms with van der Waals surface area (Å²) in [6, 6.07) is 4.34. The van der Waals surface area contributed by atoms with E-state index in [2.05, 4.69) is 17.2 Å². The summed E-state index contributed by atoms with van der Waals surface area (Å²) in [5.74, 6) is 0.980. The van der Waals surface area contributed by atoms with Gasteiger partial charge in [-0.15, -0.1) is 0 Å². The van der Waals surface area contributed by atoms with Crippen molar-refractivity contribution in [2.45, 2.75) is 38.6 Å². The van der Waals surface area contributed by atoms with Gasteiger partial charge < -0.3 is 5.32 Å². The molecular formula is C13H19ClN2. The first-order chi connectivity index (χ1) is 7.79. The van der Waals surface area contributed by atoms with E-state index in [0.717, 1.165) is 18.2 Å². The number of hydrogen-bond donors (Lipinski definition) is 1. The third kappa shape index (κ3) is 3.46. The molecule has 1 heterocycles. The van der Waals surface area contributed by atoms with Crippen LogP contribution in [0.25, 0.3) is 0 Å². The lowest BCUT2D eigenvalue weighted by atomic mass is 10.1. The van der Waals surface area contributed by atoms with Gasteiger partial charge in [-0.3, -0.25) is 4.98 Å². The quantitative estimate of drug-likeness (QED) is 0.820. The Kier molecular flexibility index (Phi) is 4.19. The molecule has 1 aromatic rings. The molecule has 1 saturated carbocycles. The van der Waals surface area contributed by atoms with Crippen LogP contribution in [0.2, 0.25) is 5.02 Å². The zero-order valence-electron chi connectivity index (χ0n) is 9.75. The zero-order valence-corrected chi connectivity index (χ0v) is 10.5. The minimum absolute atomic E-state index is 0.392. The lowest BCUT2D eigenvalue weighted by Gasteiger charge is -2.17. The molecule has 3 heteroatoms. The van der Waals surface area contributed by atoms with Gasteiger partial charge in [0.25, 0.3) is 0 Å². The van der Waals surface area contributed by atoms with Crippen LogP contribution in [-0.2, 0) is 0 Å². The van der Waals surface area contributed by atoms with Gasteiger partial charge in [0.1, 0.15) is 0 Å². The molecule has 0 bridgehead atoms. The maximum atomic E-state index is 5.85. The predicted molar refractivity (Wildman–Crippen MR) is 67.6 cm³/mol. The van der Waals surface area contributed by atoms with Crippen LogP contribution in [0.15, 0.2) is 18.3 Å². The van der Waals surface area contributed by atoms with Crippen LogP contribution in [0.3, 0.4) is 0 Å². The molecule has 0 aromatic carbocycles. The average molecular weight is 239 g/mol. The van der Waals surface area contributed by atoms with E-state index in [0.29, 0.717) is 11.1 Å². The maximum Gasteiger partial charge on any atom is 0.0589 e. The highest BCUT2D eigenvalue weighted by molar-refractivity contribution is 6.30. The monoisotopic (exact) mass is 238 g/mol. The number of rotatable bonds is 6. The highest BCUT2D eigenvalue weighted by atomic mass is 35.5. The minimum atomic E-state index is 0.392. The van der Waals surface area contributed by atoms with Gasteiger partial charge >= 0.3 is 0 Å². The zero-order chi connectivity index (χ0) is 11.4. The van der Waals surface area contributed by atoms with Crippen LogP contribution in [0, 0.1) is 5.92 Å². The highest BCUT2D eigenvalue weighted by Crippen LogP contribution is 2.35. The first kappa shape index (κ1) is 11.9. The van der Waals surface area contributed by atoms with Crippen molar-refractivity contribution in [3.8, 4) is 0 Å². The van der Waals surface area contributed by atoms with Gasteiger partial charge in [-0.25, -0.2) is 0 Å². The largest absolute Gasteiger partial charge is 0.309 e. The van der Waals surface area contributed by atoms with Crippen molar-refractivity contribution in [1.29, 1.82) is 0 Å². The highest BCUT2D eigenvalue weighted by Gasteiger charge is 2.23. The van der Waals surface area contributed by atoms with Crippen molar-refractivity contribution < 1.29 is 0 Å².